The Morgan fingerprint density at radius 1 is 1.41 bits per heavy atom. The van der Waals surface area contributed by atoms with Crippen LogP contribution < -0.4 is 5.56 Å². The summed E-state index contributed by atoms with van der Waals surface area (Å²) < 4.78 is 0.635. The van der Waals surface area contributed by atoms with E-state index in [0.29, 0.717) is 15.1 Å². The van der Waals surface area contributed by atoms with Gasteiger partial charge in [-0.1, -0.05) is 13.8 Å². The van der Waals surface area contributed by atoms with Crippen LogP contribution in [0.25, 0.3) is 11.5 Å². The molecule has 0 aromatic carbocycles. The first-order valence-electron chi connectivity index (χ1n) is 5.15. The second kappa shape index (κ2) is 4.91. The minimum absolute atomic E-state index is 0.127. The Hall–Kier alpha value is -1.31. The highest BCUT2D eigenvalue weighted by molar-refractivity contribution is 14.1. The SMILES string of the molecule is CC(C)c1nc(-c2ccncn2)[nH]c(=O)c1I. The molecule has 0 aliphatic carbocycles. The Kier molecular flexibility index (Phi) is 3.51. The van der Waals surface area contributed by atoms with Crippen molar-refractivity contribution in [3.63, 3.8) is 0 Å². The summed E-state index contributed by atoms with van der Waals surface area (Å²) in [6, 6.07) is 1.72. The van der Waals surface area contributed by atoms with Gasteiger partial charge in [-0.05, 0) is 34.6 Å². The number of aromatic amines is 1. The van der Waals surface area contributed by atoms with Crippen LogP contribution in [0.5, 0.6) is 0 Å². The van der Waals surface area contributed by atoms with Gasteiger partial charge in [0.15, 0.2) is 5.82 Å². The van der Waals surface area contributed by atoms with Gasteiger partial charge >= 0.3 is 0 Å². The summed E-state index contributed by atoms with van der Waals surface area (Å²) in [6.07, 6.45) is 3.05. The molecule has 17 heavy (non-hydrogen) atoms. The number of aromatic nitrogens is 4. The van der Waals surface area contributed by atoms with E-state index in [1.165, 1.54) is 6.33 Å². The number of nitrogens with zero attached hydrogens (tertiary/aromatic N) is 3. The molecule has 2 aromatic rings. The zero-order chi connectivity index (χ0) is 12.4. The second-order valence-electron chi connectivity index (χ2n) is 3.86. The standard InChI is InChI=1S/C11H11IN4O/c1-6(2)9-8(12)11(17)16-10(15-9)7-3-4-13-5-14-7/h3-6H,1-2H3,(H,15,16,17). The molecule has 0 unspecified atom stereocenters. The number of halogens is 1. The predicted octanol–water partition coefficient (Wildman–Crippen LogP) is 1.95. The first-order valence-corrected chi connectivity index (χ1v) is 6.23. The normalized spacial score (nSPS) is 10.8. The van der Waals surface area contributed by atoms with Gasteiger partial charge in [0, 0.05) is 6.20 Å². The Morgan fingerprint density at radius 3 is 2.76 bits per heavy atom. The number of H-pyrrole nitrogens is 1. The molecule has 0 aliphatic rings. The van der Waals surface area contributed by atoms with Crippen LogP contribution in [0, 0.1) is 3.57 Å². The van der Waals surface area contributed by atoms with E-state index in [4.69, 9.17) is 0 Å². The lowest BCUT2D eigenvalue weighted by Gasteiger charge is -2.08. The number of hydrogen-bond acceptors (Lipinski definition) is 4. The van der Waals surface area contributed by atoms with E-state index in [1.54, 1.807) is 12.3 Å². The fourth-order valence-corrected chi connectivity index (χ4v) is 2.29. The van der Waals surface area contributed by atoms with E-state index >= 15 is 0 Å². The van der Waals surface area contributed by atoms with Crippen molar-refractivity contribution in [2.45, 2.75) is 19.8 Å². The van der Waals surface area contributed by atoms with Crippen molar-refractivity contribution in [2.24, 2.45) is 0 Å². The highest BCUT2D eigenvalue weighted by Crippen LogP contribution is 2.18. The molecule has 0 fully saturated rings. The van der Waals surface area contributed by atoms with Crippen molar-refractivity contribution >= 4 is 22.6 Å². The fraction of sp³-hybridized carbons (Fsp3) is 0.273. The molecular formula is C11H11IN4O. The van der Waals surface area contributed by atoms with E-state index in [1.807, 2.05) is 36.4 Å². The largest absolute Gasteiger partial charge is 0.304 e. The van der Waals surface area contributed by atoms with E-state index in [9.17, 15) is 4.79 Å². The van der Waals surface area contributed by atoms with E-state index in [0.717, 1.165) is 5.69 Å². The Morgan fingerprint density at radius 2 is 2.18 bits per heavy atom. The van der Waals surface area contributed by atoms with Gasteiger partial charge in [-0.25, -0.2) is 15.0 Å². The zero-order valence-electron chi connectivity index (χ0n) is 9.44. The van der Waals surface area contributed by atoms with Gasteiger partial charge in [-0.3, -0.25) is 4.79 Å². The Balaban J connectivity index is 2.62. The maximum atomic E-state index is 11.8. The summed E-state index contributed by atoms with van der Waals surface area (Å²) in [6.45, 7) is 4.02. The summed E-state index contributed by atoms with van der Waals surface area (Å²) in [5.74, 6) is 0.686. The maximum Gasteiger partial charge on any atom is 0.264 e. The molecule has 2 heterocycles. The van der Waals surface area contributed by atoms with Gasteiger partial charge in [0.25, 0.3) is 5.56 Å². The smallest absolute Gasteiger partial charge is 0.264 e. The lowest BCUT2D eigenvalue weighted by molar-refractivity contribution is 0.801. The molecule has 2 aromatic heterocycles. The zero-order valence-corrected chi connectivity index (χ0v) is 11.6. The van der Waals surface area contributed by atoms with Crippen LogP contribution >= 0.6 is 22.6 Å². The van der Waals surface area contributed by atoms with E-state index < -0.39 is 0 Å². The summed E-state index contributed by atoms with van der Waals surface area (Å²) in [4.78, 5) is 26.9. The minimum Gasteiger partial charge on any atom is -0.304 e. The third-order valence-corrected chi connectivity index (χ3v) is 3.30. The van der Waals surface area contributed by atoms with Crippen LogP contribution in [0.3, 0.4) is 0 Å². The first kappa shape index (κ1) is 12.2. The van der Waals surface area contributed by atoms with Crippen LogP contribution in [0.4, 0.5) is 0 Å². The summed E-state index contributed by atoms with van der Waals surface area (Å²) >= 11 is 2.02. The Labute approximate surface area is 112 Å². The highest BCUT2D eigenvalue weighted by atomic mass is 127. The molecule has 0 saturated heterocycles. The molecule has 5 nitrogen and oxygen atoms in total. The Bertz CT molecular complexity index is 580. The molecule has 0 spiro atoms. The predicted molar refractivity (Wildman–Crippen MR) is 72.7 cm³/mol. The maximum absolute atomic E-state index is 11.8. The molecule has 1 N–H and O–H groups in total. The number of nitrogens with one attached hydrogen (secondary N) is 1. The van der Waals surface area contributed by atoms with Gasteiger partial charge in [0.1, 0.15) is 12.0 Å². The topological polar surface area (TPSA) is 71.5 Å². The molecule has 0 atom stereocenters. The van der Waals surface area contributed by atoms with E-state index in [-0.39, 0.29) is 11.5 Å². The van der Waals surface area contributed by atoms with Crippen molar-refractivity contribution < 1.29 is 0 Å². The fourth-order valence-electron chi connectivity index (χ4n) is 1.41. The van der Waals surface area contributed by atoms with Crippen molar-refractivity contribution in [2.75, 3.05) is 0 Å². The van der Waals surface area contributed by atoms with Gasteiger partial charge in [-0.2, -0.15) is 0 Å². The van der Waals surface area contributed by atoms with Gasteiger partial charge in [-0.15, -0.1) is 0 Å². The first-order chi connectivity index (χ1) is 8.09. The van der Waals surface area contributed by atoms with Crippen molar-refractivity contribution in [3.05, 3.63) is 38.2 Å². The third-order valence-electron chi connectivity index (χ3n) is 2.26. The molecule has 2 rings (SSSR count). The van der Waals surface area contributed by atoms with Crippen LogP contribution in [0.1, 0.15) is 25.5 Å². The van der Waals surface area contributed by atoms with Crippen LogP contribution in [-0.2, 0) is 0 Å². The van der Waals surface area contributed by atoms with Gasteiger partial charge < -0.3 is 4.98 Å². The van der Waals surface area contributed by atoms with Crippen molar-refractivity contribution in [3.8, 4) is 11.5 Å². The molecule has 88 valence electrons. The van der Waals surface area contributed by atoms with Crippen LogP contribution in [-0.4, -0.2) is 19.9 Å². The quantitative estimate of drug-likeness (QED) is 0.847. The summed E-state index contributed by atoms with van der Waals surface area (Å²) in [5.41, 5.74) is 1.29. The number of hydrogen-bond donors (Lipinski definition) is 1. The lowest BCUT2D eigenvalue weighted by Crippen LogP contribution is -2.17. The molecule has 6 heteroatoms. The monoisotopic (exact) mass is 342 g/mol. The molecule has 0 amide bonds. The average molecular weight is 342 g/mol. The van der Waals surface area contributed by atoms with Gasteiger partial charge in [0.05, 0.1) is 9.26 Å². The second-order valence-corrected chi connectivity index (χ2v) is 4.94. The third kappa shape index (κ3) is 2.51. The summed E-state index contributed by atoms with van der Waals surface area (Å²) in [5, 5.41) is 0. The molecule has 0 radical (unpaired) electrons. The van der Waals surface area contributed by atoms with Crippen molar-refractivity contribution in [1.29, 1.82) is 0 Å². The molecule has 0 bridgehead atoms. The average Bonchev–Trinajstić information content (AvgIpc) is 2.33. The summed E-state index contributed by atoms with van der Waals surface area (Å²) in [7, 11) is 0. The molecule has 0 saturated carbocycles. The van der Waals surface area contributed by atoms with Crippen molar-refractivity contribution in [1.82, 2.24) is 19.9 Å². The lowest BCUT2D eigenvalue weighted by atomic mass is 10.1. The molecule has 0 aliphatic heterocycles. The molecular weight excluding hydrogens is 331 g/mol. The van der Waals surface area contributed by atoms with Gasteiger partial charge in [0.2, 0.25) is 0 Å². The van der Waals surface area contributed by atoms with Crippen LogP contribution in [0.15, 0.2) is 23.4 Å². The number of rotatable bonds is 2. The van der Waals surface area contributed by atoms with E-state index in [2.05, 4.69) is 19.9 Å². The highest BCUT2D eigenvalue weighted by Gasteiger charge is 2.13. The van der Waals surface area contributed by atoms with Crippen LogP contribution in [0.2, 0.25) is 0 Å². The minimum atomic E-state index is -0.127.